The van der Waals surface area contributed by atoms with Crippen molar-refractivity contribution in [2.24, 2.45) is 0 Å². The number of nitrogen functional groups attached to an aromatic ring is 1. The van der Waals surface area contributed by atoms with Gasteiger partial charge in [-0.2, -0.15) is 0 Å². The maximum absolute atomic E-state index is 14.6. The Morgan fingerprint density at radius 2 is 2.08 bits per heavy atom. The molecule has 26 heavy (non-hydrogen) atoms. The normalized spacial score (nSPS) is 16.7. The topological polar surface area (TPSA) is 68.5 Å². The second kappa shape index (κ2) is 6.07. The zero-order chi connectivity index (χ0) is 18.4. The van der Waals surface area contributed by atoms with Gasteiger partial charge in [0.15, 0.2) is 0 Å². The minimum Gasteiger partial charge on any atom is -0.496 e. The third-order valence-electron chi connectivity index (χ3n) is 4.94. The average Bonchev–Trinajstić information content (AvgIpc) is 2.96. The molecule has 1 aliphatic heterocycles. The molecule has 0 amide bonds. The number of anilines is 1. The Kier molecular flexibility index (Phi) is 3.85. The number of fused-ring (bicyclic) bond motifs is 2. The zero-order valence-electron chi connectivity index (χ0n) is 14.5. The molecule has 0 saturated heterocycles. The van der Waals surface area contributed by atoms with Crippen molar-refractivity contribution in [3.8, 4) is 16.9 Å². The van der Waals surface area contributed by atoms with E-state index in [9.17, 15) is 9.18 Å². The Balaban J connectivity index is 2.06. The summed E-state index contributed by atoms with van der Waals surface area (Å²) >= 11 is 0. The fraction of sp³-hybridized carbons (Fsp3) is 0.200. The van der Waals surface area contributed by atoms with Crippen molar-refractivity contribution in [2.75, 3.05) is 19.9 Å². The molecule has 0 radical (unpaired) electrons. The second-order valence-electron chi connectivity index (χ2n) is 6.40. The number of aromatic nitrogens is 1. The summed E-state index contributed by atoms with van der Waals surface area (Å²) in [4.78, 5) is 18.1. The molecule has 1 aliphatic rings. The van der Waals surface area contributed by atoms with Crippen molar-refractivity contribution in [3.05, 3.63) is 53.5 Å². The number of benzene rings is 2. The highest BCUT2D eigenvalue weighted by Crippen LogP contribution is 2.42. The van der Waals surface area contributed by atoms with Gasteiger partial charge in [-0.05, 0) is 19.2 Å². The second-order valence-corrected chi connectivity index (χ2v) is 6.40. The number of hydrogen-bond donors (Lipinski definition) is 1. The van der Waals surface area contributed by atoms with E-state index < -0.39 is 6.04 Å². The third kappa shape index (κ3) is 2.26. The van der Waals surface area contributed by atoms with Crippen LogP contribution < -0.4 is 10.5 Å². The van der Waals surface area contributed by atoms with Gasteiger partial charge in [0.2, 0.25) is 0 Å². The summed E-state index contributed by atoms with van der Waals surface area (Å²) in [6.45, 7) is 0.515. The molecule has 1 aromatic heterocycles. The lowest BCUT2D eigenvalue weighted by atomic mass is 9.97. The maximum Gasteiger partial charge on any atom is 0.141 e. The number of nitrogens with zero attached hydrogens (tertiary/aromatic N) is 2. The molecule has 132 valence electrons. The predicted octanol–water partition coefficient (Wildman–Crippen LogP) is 3.32. The molecule has 3 aromatic rings. The number of pyridine rings is 1. The van der Waals surface area contributed by atoms with E-state index in [-0.39, 0.29) is 5.82 Å². The molecule has 1 atom stereocenters. The van der Waals surface area contributed by atoms with Crippen molar-refractivity contribution in [2.45, 2.75) is 12.6 Å². The van der Waals surface area contributed by atoms with Crippen LogP contribution in [0.5, 0.6) is 5.75 Å². The number of halogens is 1. The van der Waals surface area contributed by atoms with Gasteiger partial charge < -0.3 is 15.3 Å². The summed E-state index contributed by atoms with van der Waals surface area (Å²) in [6.07, 6.45) is 0.874. The molecule has 1 unspecified atom stereocenters. The highest BCUT2D eigenvalue weighted by molar-refractivity contribution is 6.02. The predicted molar refractivity (Wildman–Crippen MR) is 98.4 cm³/mol. The van der Waals surface area contributed by atoms with Crippen LogP contribution in [0, 0.1) is 5.82 Å². The molecule has 0 bridgehead atoms. The van der Waals surface area contributed by atoms with Gasteiger partial charge in [0.1, 0.15) is 17.9 Å². The number of rotatable bonds is 3. The van der Waals surface area contributed by atoms with Crippen LogP contribution in [-0.4, -0.2) is 30.3 Å². The van der Waals surface area contributed by atoms with Gasteiger partial charge in [-0.15, -0.1) is 0 Å². The third-order valence-corrected chi connectivity index (χ3v) is 4.94. The number of hydrogen-bond acceptors (Lipinski definition) is 5. The number of methoxy groups -OCH3 is 1. The minimum atomic E-state index is -0.409. The highest BCUT2D eigenvalue weighted by Gasteiger charge is 2.32. The number of carbonyl (C=O) groups is 1. The Hall–Kier alpha value is -2.99. The first-order valence-electron chi connectivity index (χ1n) is 8.26. The molecule has 0 aliphatic carbocycles. The fourth-order valence-corrected chi connectivity index (χ4v) is 3.69. The summed E-state index contributed by atoms with van der Waals surface area (Å²) < 4.78 is 20.0. The summed E-state index contributed by atoms with van der Waals surface area (Å²) in [7, 11) is 3.36. The van der Waals surface area contributed by atoms with Crippen molar-refractivity contribution < 1.29 is 13.9 Å². The first kappa shape index (κ1) is 16.5. The van der Waals surface area contributed by atoms with Crippen LogP contribution in [-0.2, 0) is 11.3 Å². The zero-order valence-corrected chi connectivity index (χ0v) is 14.5. The molecule has 0 spiro atoms. The number of carbonyl (C=O) groups excluding carboxylic acids is 1. The van der Waals surface area contributed by atoms with Crippen molar-refractivity contribution in [3.63, 3.8) is 0 Å². The summed E-state index contributed by atoms with van der Waals surface area (Å²) in [6, 6.07) is 9.75. The van der Waals surface area contributed by atoms with E-state index >= 15 is 0 Å². The van der Waals surface area contributed by atoms with Gasteiger partial charge in [-0.25, -0.2) is 4.39 Å². The summed E-state index contributed by atoms with van der Waals surface area (Å²) in [5.41, 5.74) is 9.98. The first-order chi connectivity index (χ1) is 12.6. The van der Waals surface area contributed by atoms with E-state index in [2.05, 4.69) is 0 Å². The molecule has 0 fully saturated rings. The highest BCUT2D eigenvalue weighted by atomic mass is 19.1. The number of likely N-dealkylation sites (N-methyl/N-ethyl adjacent to an activating group) is 1. The lowest BCUT2D eigenvalue weighted by molar-refractivity contribution is -0.111. The number of aldehydes is 1. The van der Waals surface area contributed by atoms with Crippen LogP contribution in [0.4, 0.5) is 10.1 Å². The van der Waals surface area contributed by atoms with Crippen molar-refractivity contribution >= 4 is 22.9 Å². The van der Waals surface area contributed by atoms with E-state index in [1.807, 2.05) is 24.1 Å². The Bertz CT molecular complexity index is 1040. The average molecular weight is 351 g/mol. The Morgan fingerprint density at radius 1 is 1.31 bits per heavy atom. The number of nitrogens with two attached hydrogens (primary N) is 1. The molecule has 2 aromatic carbocycles. The van der Waals surface area contributed by atoms with Crippen LogP contribution in [0.15, 0.2) is 36.4 Å². The van der Waals surface area contributed by atoms with Gasteiger partial charge in [0.25, 0.3) is 0 Å². The van der Waals surface area contributed by atoms with Crippen molar-refractivity contribution in [1.29, 1.82) is 0 Å². The minimum absolute atomic E-state index is 0.353. The molecular formula is C20H18FN3O2. The molecule has 5 nitrogen and oxygen atoms in total. The molecule has 0 saturated carbocycles. The van der Waals surface area contributed by atoms with Crippen LogP contribution >= 0.6 is 0 Å². The molecule has 2 N–H and O–H groups in total. The standard InChI is InChI=1S/C20H18FN3O2/c1-24-9-14-18(15(24)10-25)19(22)12-6-3-5-11(20(12)23-14)17-13(21)7-4-8-16(17)26-2/h3-8,10,15H,9H2,1-2H3,(H2,22,23). The lowest BCUT2D eigenvalue weighted by Crippen LogP contribution is -2.17. The molecular weight excluding hydrogens is 333 g/mol. The quantitative estimate of drug-likeness (QED) is 0.733. The van der Waals surface area contributed by atoms with E-state index in [0.29, 0.717) is 40.0 Å². The molecule has 4 rings (SSSR count). The van der Waals surface area contributed by atoms with Crippen LogP contribution in [0.25, 0.3) is 22.0 Å². The molecule has 2 heterocycles. The van der Waals surface area contributed by atoms with Gasteiger partial charge in [-0.3, -0.25) is 9.88 Å². The summed E-state index contributed by atoms with van der Waals surface area (Å²) in [5.74, 6) is 0.0434. The largest absolute Gasteiger partial charge is 0.496 e. The van der Waals surface area contributed by atoms with E-state index in [1.54, 1.807) is 18.2 Å². The number of para-hydroxylation sites is 1. The van der Waals surface area contributed by atoms with E-state index in [0.717, 1.165) is 17.5 Å². The van der Waals surface area contributed by atoms with Crippen LogP contribution in [0.2, 0.25) is 0 Å². The lowest BCUT2D eigenvalue weighted by Gasteiger charge is -2.16. The van der Waals surface area contributed by atoms with E-state index in [1.165, 1.54) is 13.2 Å². The SMILES string of the molecule is COc1cccc(F)c1-c1cccc2c(N)c3c(nc12)CN(C)C3C=O. The summed E-state index contributed by atoms with van der Waals surface area (Å²) in [5, 5.41) is 0.703. The van der Waals surface area contributed by atoms with Gasteiger partial charge in [0, 0.05) is 28.7 Å². The van der Waals surface area contributed by atoms with Gasteiger partial charge in [-0.1, -0.05) is 24.3 Å². The van der Waals surface area contributed by atoms with Crippen LogP contribution in [0.3, 0.4) is 0 Å². The molecule has 6 heteroatoms. The fourth-order valence-electron chi connectivity index (χ4n) is 3.69. The Labute approximate surface area is 150 Å². The maximum atomic E-state index is 14.6. The van der Waals surface area contributed by atoms with Crippen LogP contribution in [0.1, 0.15) is 17.3 Å². The number of ether oxygens (including phenoxy) is 1. The van der Waals surface area contributed by atoms with Gasteiger partial charge in [0.05, 0.1) is 29.9 Å². The van der Waals surface area contributed by atoms with E-state index in [4.69, 9.17) is 15.5 Å². The smallest absolute Gasteiger partial charge is 0.141 e. The van der Waals surface area contributed by atoms with Crippen molar-refractivity contribution in [1.82, 2.24) is 9.88 Å². The monoisotopic (exact) mass is 351 g/mol. The Morgan fingerprint density at radius 3 is 2.81 bits per heavy atom. The van der Waals surface area contributed by atoms with Gasteiger partial charge >= 0.3 is 0 Å². The first-order valence-corrected chi connectivity index (χ1v) is 8.26.